The van der Waals surface area contributed by atoms with E-state index in [9.17, 15) is 0 Å². The summed E-state index contributed by atoms with van der Waals surface area (Å²) < 4.78 is 11.0. The van der Waals surface area contributed by atoms with Crippen molar-refractivity contribution in [1.82, 2.24) is 5.06 Å². The van der Waals surface area contributed by atoms with Crippen LogP contribution in [0.4, 0.5) is 0 Å². The zero-order valence-corrected chi connectivity index (χ0v) is 11.2. The molecule has 0 bridgehead atoms. The predicted molar refractivity (Wildman–Crippen MR) is 76.6 cm³/mol. The van der Waals surface area contributed by atoms with E-state index < -0.39 is 0 Å². The lowest BCUT2D eigenvalue weighted by Crippen LogP contribution is -2.22. The lowest BCUT2D eigenvalue weighted by Gasteiger charge is -2.20. The molecule has 1 unspecified atom stereocenters. The van der Waals surface area contributed by atoms with Gasteiger partial charge in [0.15, 0.2) is 0 Å². The Bertz CT molecular complexity index is 789. The van der Waals surface area contributed by atoms with Gasteiger partial charge in [0, 0.05) is 17.0 Å². The molecule has 1 aliphatic heterocycles. The fourth-order valence-electron chi connectivity index (χ4n) is 2.62. The first-order valence-corrected chi connectivity index (χ1v) is 6.72. The van der Waals surface area contributed by atoms with Crippen molar-refractivity contribution in [3.63, 3.8) is 0 Å². The zero-order chi connectivity index (χ0) is 14.2. The van der Waals surface area contributed by atoms with Crippen LogP contribution in [0, 0.1) is 0 Å². The van der Waals surface area contributed by atoms with E-state index in [0.29, 0.717) is 12.4 Å². The molecule has 0 saturated heterocycles. The minimum absolute atomic E-state index is 0.0984. The van der Waals surface area contributed by atoms with Crippen LogP contribution in [0.3, 0.4) is 0 Å². The second-order valence-corrected chi connectivity index (χ2v) is 4.95. The van der Waals surface area contributed by atoms with Crippen LogP contribution in [-0.2, 0) is 11.4 Å². The van der Waals surface area contributed by atoms with Gasteiger partial charge in [-0.25, -0.2) is 0 Å². The van der Waals surface area contributed by atoms with E-state index in [0.717, 1.165) is 22.3 Å². The molecule has 5 heteroatoms. The Labute approximate surface area is 121 Å². The van der Waals surface area contributed by atoms with Gasteiger partial charge in [0.1, 0.15) is 11.3 Å². The molecule has 2 N–H and O–H groups in total. The molecule has 0 aliphatic carbocycles. The van der Waals surface area contributed by atoms with Gasteiger partial charge in [0.05, 0.1) is 25.1 Å². The maximum absolute atomic E-state index is 5.83. The molecule has 1 aromatic carbocycles. The maximum Gasteiger partial charge on any atom is 0.207 e. The highest BCUT2D eigenvalue weighted by Crippen LogP contribution is 2.36. The molecule has 3 heterocycles. The Morgan fingerprint density at radius 1 is 1.10 bits per heavy atom. The summed E-state index contributed by atoms with van der Waals surface area (Å²) in [6, 6.07) is 11.6. The van der Waals surface area contributed by atoms with Gasteiger partial charge in [-0.1, -0.05) is 18.2 Å². The number of nitrogens with zero attached hydrogens (tertiary/aromatic N) is 1. The predicted octanol–water partition coefficient (Wildman–Crippen LogP) is 3.31. The zero-order valence-electron chi connectivity index (χ0n) is 11.2. The first-order chi connectivity index (χ1) is 10.3. The second kappa shape index (κ2) is 4.71. The summed E-state index contributed by atoms with van der Waals surface area (Å²) >= 11 is 0. The van der Waals surface area contributed by atoms with Crippen molar-refractivity contribution in [3.8, 4) is 0 Å². The summed E-state index contributed by atoms with van der Waals surface area (Å²) in [5.41, 5.74) is 7.71. The molecule has 4 rings (SSSR count). The van der Waals surface area contributed by atoms with Gasteiger partial charge >= 0.3 is 0 Å². The number of fused-ring (bicyclic) bond motifs is 1. The smallest absolute Gasteiger partial charge is 0.207 e. The largest absolute Gasteiger partial charge is 0.468 e. The summed E-state index contributed by atoms with van der Waals surface area (Å²) in [5.74, 6) is 1.20. The molecule has 1 atom stereocenters. The number of para-hydroxylation sites is 1. The molecule has 21 heavy (non-hydrogen) atoms. The van der Waals surface area contributed by atoms with Crippen molar-refractivity contribution in [2.24, 2.45) is 5.73 Å². The maximum atomic E-state index is 5.83. The monoisotopic (exact) mass is 282 g/mol. The van der Waals surface area contributed by atoms with Gasteiger partial charge in [-0.2, -0.15) is 0 Å². The normalized spacial score (nSPS) is 18.9. The SMILES string of the molecule is NC1=CC(c2coc3ccccc23)N(Cc2ccco2)O1. The van der Waals surface area contributed by atoms with Crippen LogP contribution in [0.15, 0.2) is 69.7 Å². The van der Waals surface area contributed by atoms with Crippen LogP contribution in [0.5, 0.6) is 0 Å². The van der Waals surface area contributed by atoms with E-state index >= 15 is 0 Å². The van der Waals surface area contributed by atoms with Gasteiger partial charge in [0.25, 0.3) is 0 Å². The van der Waals surface area contributed by atoms with Crippen LogP contribution < -0.4 is 5.73 Å². The third-order valence-corrected chi connectivity index (χ3v) is 3.58. The highest BCUT2D eigenvalue weighted by Gasteiger charge is 2.30. The summed E-state index contributed by atoms with van der Waals surface area (Å²) in [6.45, 7) is 0.508. The van der Waals surface area contributed by atoms with Crippen LogP contribution >= 0.6 is 0 Å². The molecular formula is C16H14N2O3. The highest BCUT2D eigenvalue weighted by atomic mass is 16.7. The Morgan fingerprint density at radius 3 is 2.86 bits per heavy atom. The van der Waals surface area contributed by atoms with Crippen LogP contribution in [0.25, 0.3) is 11.0 Å². The van der Waals surface area contributed by atoms with Crippen molar-refractivity contribution in [2.45, 2.75) is 12.6 Å². The minimum Gasteiger partial charge on any atom is -0.468 e. The Balaban J connectivity index is 1.71. The fourth-order valence-corrected chi connectivity index (χ4v) is 2.62. The molecule has 106 valence electrons. The van der Waals surface area contributed by atoms with Gasteiger partial charge in [-0.05, 0) is 18.2 Å². The molecule has 0 amide bonds. The van der Waals surface area contributed by atoms with E-state index in [1.54, 1.807) is 17.6 Å². The molecular weight excluding hydrogens is 268 g/mol. The number of furan rings is 2. The van der Waals surface area contributed by atoms with E-state index in [-0.39, 0.29) is 6.04 Å². The number of hydrogen-bond donors (Lipinski definition) is 1. The molecule has 3 aromatic rings. The summed E-state index contributed by atoms with van der Waals surface area (Å²) in [6.07, 6.45) is 5.27. The number of hydrogen-bond acceptors (Lipinski definition) is 5. The quantitative estimate of drug-likeness (QED) is 0.798. The summed E-state index contributed by atoms with van der Waals surface area (Å²) in [5, 5.41) is 2.84. The van der Waals surface area contributed by atoms with Gasteiger partial charge in [0.2, 0.25) is 5.88 Å². The second-order valence-electron chi connectivity index (χ2n) is 4.95. The number of nitrogens with two attached hydrogens (primary N) is 1. The summed E-state index contributed by atoms with van der Waals surface area (Å²) in [4.78, 5) is 5.59. The van der Waals surface area contributed by atoms with E-state index in [1.165, 1.54) is 0 Å². The number of benzene rings is 1. The van der Waals surface area contributed by atoms with Gasteiger partial charge in [-0.15, -0.1) is 5.06 Å². The minimum atomic E-state index is -0.0984. The molecule has 0 spiro atoms. The van der Waals surface area contributed by atoms with Crippen molar-refractivity contribution in [2.75, 3.05) is 0 Å². The van der Waals surface area contributed by atoms with Crippen molar-refractivity contribution in [3.05, 3.63) is 72.2 Å². The molecule has 2 aromatic heterocycles. The van der Waals surface area contributed by atoms with Crippen LogP contribution in [0.1, 0.15) is 17.4 Å². The lowest BCUT2D eigenvalue weighted by atomic mass is 10.1. The molecule has 5 nitrogen and oxygen atoms in total. The van der Waals surface area contributed by atoms with Gasteiger partial charge < -0.3 is 19.4 Å². The third kappa shape index (κ3) is 2.08. The Hall–Kier alpha value is -2.66. The highest BCUT2D eigenvalue weighted by molar-refractivity contribution is 5.81. The first kappa shape index (κ1) is 12.1. The molecule has 0 fully saturated rings. The van der Waals surface area contributed by atoms with E-state index in [2.05, 4.69) is 0 Å². The Kier molecular flexibility index (Phi) is 2.72. The Morgan fingerprint density at radius 2 is 2.00 bits per heavy atom. The first-order valence-electron chi connectivity index (χ1n) is 6.72. The molecule has 0 saturated carbocycles. The topological polar surface area (TPSA) is 64.8 Å². The van der Waals surface area contributed by atoms with Crippen molar-refractivity contribution >= 4 is 11.0 Å². The lowest BCUT2D eigenvalue weighted by molar-refractivity contribution is -0.131. The van der Waals surface area contributed by atoms with E-state index in [4.69, 9.17) is 19.4 Å². The number of rotatable bonds is 3. The van der Waals surface area contributed by atoms with Crippen LogP contribution in [-0.4, -0.2) is 5.06 Å². The third-order valence-electron chi connectivity index (χ3n) is 3.58. The van der Waals surface area contributed by atoms with Crippen LogP contribution in [0.2, 0.25) is 0 Å². The summed E-state index contributed by atoms with van der Waals surface area (Å²) in [7, 11) is 0. The van der Waals surface area contributed by atoms with E-state index in [1.807, 2.05) is 42.5 Å². The van der Waals surface area contributed by atoms with Crippen molar-refractivity contribution in [1.29, 1.82) is 0 Å². The van der Waals surface area contributed by atoms with Crippen molar-refractivity contribution < 1.29 is 13.7 Å². The standard InChI is InChI=1S/C16H14N2O3/c17-16-8-14(18(21-16)9-11-4-3-7-19-11)13-10-20-15-6-2-1-5-12(13)15/h1-8,10,14H,9,17H2. The fraction of sp³-hybridized carbons (Fsp3) is 0.125. The van der Waals surface area contributed by atoms with Gasteiger partial charge in [-0.3, -0.25) is 0 Å². The number of hydroxylamine groups is 2. The average Bonchev–Trinajstić information content (AvgIpc) is 3.19. The molecule has 1 aliphatic rings. The molecule has 0 radical (unpaired) electrons. The average molecular weight is 282 g/mol.